The molecular weight excluding hydrogens is 623 g/mol. The maximum absolute atomic E-state index is 7.76. The van der Waals surface area contributed by atoms with Gasteiger partial charge in [0.25, 0.3) is 0 Å². The van der Waals surface area contributed by atoms with Crippen molar-refractivity contribution >= 4 is 62.9 Å². The quantitative estimate of drug-likeness (QED) is 0.194. The second kappa shape index (κ2) is 10.2. The van der Waals surface area contributed by atoms with Gasteiger partial charge in [0.15, 0.2) is 0 Å². The first-order valence-electron chi connectivity index (χ1n) is 11.4. The summed E-state index contributed by atoms with van der Waals surface area (Å²) in [5.74, 6) is 0. The molecule has 0 N–H and O–H groups in total. The van der Waals surface area contributed by atoms with Gasteiger partial charge in [-0.3, -0.25) is 0 Å². The number of hydrogen-bond donors (Lipinski definition) is 0. The molecule has 0 spiro atoms. The molecule has 6 heteroatoms. The van der Waals surface area contributed by atoms with E-state index in [2.05, 4.69) is 97.1 Å². The van der Waals surface area contributed by atoms with Gasteiger partial charge in [-0.1, -0.05) is 0 Å². The molecule has 0 aliphatic carbocycles. The van der Waals surface area contributed by atoms with E-state index in [1.165, 1.54) is 0 Å². The summed E-state index contributed by atoms with van der Waals surface area (Å²) < 4.78 is -0.307. The van der Waals surface area contributed by atoms with Crippen molar-refractivity contribution in [3.05, 3.63) is 144 Å². The first kappa shape index (κ1) is 24.8. The first-order valence-corrected chi connectivity index (χ1v) is 27.2. The molecule has 1 aliphatic rings. The fraction of sp³-hybridized carbons (Fsp3) is 0.143. The Kier molecular flexibility index (Phi) is 7.47. The molecule has 0 nitrogen and oxygen atoms in total. The van der Waals surface area contributed by atoms with Crippen LogP contribution in [0.5, 0.6) is 0 Å². The van der Waals surface area contributed by atoms with Gasteiger partial charge in [0.05, 0.1) is 0 Å². The van der Waals surface area contributed by atoms with Crippen molar-refractivity contribution in [2.24, 2.45) is 0 Å². The Morgan fingerprint density at radius 2 is 0.500 bits per heavy atom. The van der Waals surface area contributed by atoms with Gasteiger partial charge in [0.2, 0.25) is 0 Å². The fourth-order valence-corrected chi connectivity index (χ4v) is 49.0. The van der Waals surface area contributed by atoms with Gasteiger partial charge in [-0.05, 0) is 0 Å². The molecule has 1 aliphatic heterocycles. The molecule has 34 heavy (non-hydrogen) atoms. The molecule has 1 heterocycles. The van der Waals surface area contributed by atoms with Crippen LogP contribution in [0.15, 0.2) is 121 Å². The van der Waals surface area contributed by atoms with E-state index in [1.807, 2.05) is 24.3 Å². The summed E-state index contributed by atoms with van der Waals surface area (Å²) in [7, 11) is 31.0. The van der Waals surface area contributed by atoms with Crippen LogP contribution in [0.4, 0.5) is 0 Å². The SMILES string of the molecule is [Cl][Ge]1([Cl])[CH](c2ccccc2)[CH](c2ccccc2)[Ge]([Cl])([Cl])[CH](c2ccccc2)[CH]1c1ccccc1. The van der Waals surface area contributed by atoms with Crippen molar-refractivity contribution in [1.29, 1.82) is 0 Å². The van der Waals surface area contributed by atoms with E-state index in [0.29, 0.717) is 0 Å². The molecule has 1 saturated heterocycles. The second-order valence-corrected chi connectivity index (χ2v) is 34.8. The van der Waals surface area contributed by atoms with E-state index >= 15 is 0 Å². The molecule has 4 aromatic carbocycles. The minimum absolute atomic E-state index is 0.0768. The van der Waals surface area contributed by atoms with Gasteiger partial charge in [-0.25, -0.2) is 0 Å². The molecular formula is C28H24Cl4Ge2. The summed E-state index contributed by atoms with van der Waals surface area (Å²) in [5.41, 5.74) is 4.57. The van der Waals surface area contributed by atoms with Crippen molar-refractivity contribution in [1.82, 2.24) is 0 Å². The van der Waals surface area contributed by atoms with Gasteiger partial charge in [0, 0.05) is 0 Å². The Bertz CT molecular complexity index is 1020. The summed E-state index contributed by atoms with van der Waals surface area (Å²) in [6.45, 7) is 0. The fourth-order valence-electron chi connectivity index (χ4n) is 5.58. The van der Waals surface area contributed by atoms with Gasteiger partial charge in [-0.15, -0.1) is 0 Å². The summed E-state index contributed by atoms with van der Waals surface area (Å²) in [6, 6.07) is 41.7. The molecule has 5 rings (SSSR count). The number of benzene rings is 4. The molecule has 1 fully saturated rings. The van der Waals surface area contributed by atoms with Gasteiger partial charge in [-0.2, -0.15) is 0 Å². The van der Waals surface area contributed by atoms with E-state index in [0.717, 1.165) is 22.3 Å². The molecule has 4 aromatic rings. The van der Waals surface area contributed by atoms with E-state index in [-0.39, 0.29) is 19.0 Å². The van der Waals surface area contributed by atoms with Crippen LogP contribution in [-0.4, -0.2) is 22.8 Å². The van der Waals surface area contributed by atoms with Crippen LogP contribution in [-0.2, 0) is 0 Å². The van der Waals surface area contributed by atoms with E-state index < -0.39 is 22.8 Å². The second-order valence-electron chi connectivity index (χ2n) is 8.90. The monoisotopic (exact) mass is 648 g/mol. The Morgan fingerprint density at radius 1 is 0.324 bits per heavy atom. The average Bonchev–Trinajstić information content (AvgIpc) is 2.86. The molecule has 4 atom stereocenters. The summed E-state index contributed by atoms with van der Waals surface area (Å²) in [6.07, 6.45) is 0. The van der Waals surface area contributed by atoms with Crippen LogP contribution in [0.25, 0.3) is 0 Å². The Balaban J connectivity index is 1.81. The number of hydrogen-bond acceptors (Lipinski definition) is 0. The van der Waals surface area contributed by atoms with Crippen LogP contribution in [0.3, 0.4) is 0 Å². The zero-order valence-corrected chi connectivity index (χ0v) is 25.6. The third-order valence-electron chi connectivity index (χ3n) is 6.96. The van der Waals surface area contributed by atoms with Crippen LogP contribution >= 0.6 is 40.0 Å². The Labute approximate surface area is 223 Å². The van der Waals surface area contributed by atoms with Crippen LogP contribution in [0.2, 0.25) is 0 Å². The van der Waals surface area contributed by atoms with Crippen LogP contribution < -0.4 is 0 Å². The van der Waals surface area contributed by atoms with Gasteiger partial charge < -0.3 is 0 Å². The predicted molar refractivity (Wildman–Crippen MR) is 152 cm³/mol. The molecule has 0 aromatic heterocycles. The van der Waals surface area contributed by atoms with Crippen molar-refractivity contribution in [2.45, 2.75) is 19.0 Å². The number of halogens is 4. The van der Waals surface area contributed by atoms with Crippen molar-refractivity contribution < 1.29 is 0 Å². The molecule has 0 bridgehead atoms. The summed E-state index contributed by atoms with van der Waals surface area (Å²) >= 11 is -7.54. The maximum atomic E-state index is 7.76. The van der Waals surface area contributed by atoms with Gasteiger partial charge in [0.1, 0.15) is 0 Å². The molecule has 0 amide bonds. The topological polar surface area (TPSA) is 0 Å². The number of rotatable bonds is 4. The third-order valence-corrected chi connectivity index (χ3v) is 32.2. The Hall–Kier alpha value is -0.874. The normalized spacial score (nSPS) is 25.5. The van der Waals surface area contributed by atoms with Crippen LogP contribution in [0, 0.1) is 0 Å². The van der Waals surface area contributed by atoms with Gasteiger partial charge >= 0.3 is 225 Å². The zero-order valence-electron chi connectivity index (χ0n) is 18.4. The summed E-state index contributed by atoms with van der Waals surface area (Å²) in [5, 5.41) is 0. The average molecular weight is 648 g/mol. The summed E-state index contributed by atoms with van der Waals surface area (Å²) in [4.78, 5) is 0. The standard InChI is InChI=1S/C28H24Cl4Ge2/c29-33(30)25(21-13-5-1-6-14-21)26(22-15-7-2-8-16-22)34(31,32)28(24-19-11-4-12-20-24)27(33)23-17-9-3-10-18-23/h1-20,25-28H. The molecule has 172 valence electrons. The van der Waals surface area contributed by atoms with E-state index in [4.69, 9.17) is 40.0 Å². The van der Waals surface area contributed by atoms with Crippen molar-refractivity contribution in [3.63, 3.8) is 0 Å². The Morgan fingerprint density at radius 3 is 0.676 bits per heavy atom. The van der Waals surface area contributed by atoms with Crippen molar-refractivity contribution in [3.8, 4) is 0 Å². The predicted octanol–water partition coefficient (Wildman–Crippen LogP) is 9.13. The van der Waals surface area contributed by atoms with Crippen molar-refractivity contribution in [2.75, 3.05) is 0 Å². The van der Waals surface area contributed by atoms with Crippen LogP contribution in [0.1, 0.15) is 41.3 Å². The molecule has 0 saturated carbocycles. The first-order chi connectivity index (χ1) is 16.4. The minimum atomic E-state index is -3.77. The van der Waals surface area contributed by atoms with E-state index in [9.17, 15) is 0 Å². The third kappa shape index (κ3) is 4.51. The zero-order chi connectivity index (χ0) is 23.8. The van der Waals surface area contributed by atoms with E-state index in [1.54, 1.807) is 0 Å². The molecule has 0 radical (unpaired) electrons. The molecule has 4 unspecified atom stereocenters.